The van der Waals surface area contributed by atoms with Crippen LogP contribution in [0.25, 0.3) is 10.8 Å². The van der Waals surface area contributed by atoms with Gasteiger partial charge in [-0.05, 0) is 42.3 Å². The number of hydrogen-bond acceptors (Lipinski definition) is 4. The van der Waals surface area contributed by atoms with E-state index >= 15 is 0 Å². The van der Waals surface area contributed by atoms with E-state index in [2.05, 4.69) is 4.90 Å². The second-order valence-corrected chi connectivity index (χ2v) is 7.49. The Labute approximate surface area is 166 Å². The Morgan fingerprint density at radius 2 is 1.71 bits per heavy atom. The fraction of sp³-hybridized carbons (Fsp3) is 0.182. The summed E-state index contributed by atoms with van der Waals surface area (Å²) in [5.74, 6) is -0.728. The maximum Gasteiger partial charge on any atom is 0.265 e. The number of carbonyl (C=O) groups is 2. The van der Waals surface area contributed by atoms with Gasteiger partial charge < -0.3 is 10.0 Å². The molecule has 0 atom stereocenters. The third-order valence-corrected chi connectivity index (χ3v) is 5.90. The molecule has 0 aliphatic carbocycles. The fourth-order valence-corrected chi connectivity index (χ4v) is 4.19. The van der Waals surface area contributed by atoms with Crippen LogP contribution < -0.4 is 9.80 Å². The lowest BCUT2D eigenvalue weighted by atomic mass is 9.92. The molecule has 2 aliphatic rings. The van der Waals surface area contributed by atoms with E-state index in [1.807, 2.05) is 24.3 Å². The predicted octanol–water partition coefficient (Wildman–Crippen LogP) is 4.00. The van der Waals surface area contributed by atoms with E-state index in [1.165, 1.54) is 0 Å². The van der Waals surface area contributed by atoms with Gasteiger partial charge in [-0.15, -0.1) is 0 Å². The van der Waals surface area contributed by atoms with E-state index < -0.39 is 0 Å². The zero-order chi connectivity index (χ0) is 19.4. The van der Waals surface area contributed by atoms with Crippen molar-refractivity contribution in [1.82, 2.24) is 0 Å². The molecule has 0 unspecified atom stereocenters. The summed E-state index contributed by atoms with van der Waals surface area (Å²) in [5.41, 5.74) is 3.03. The Morgan fingerprint density at radius 1 is 0.964 bits per heavy atom. The van der Waals surface area contributed by atoms with Gasteiger partial charge in [0.1, 0.15) is 0 Å². The number of benzene rings is 3. The first-order chi connectivity index (χ1) is 13.6. The lowest BCUT2D eigenvalue weighted by Crippen LogP contribution is -2.41. The Bertz CT molecular complexity index is 1130. The van der Waals surface area contributed by atoms with Crippen LogP contribution in [0.3, 0.4) is 0 Å². The van der Waals surface area contributed by atoms with Crippen molar-refractivity contribution in [2.75, 3.05) is 22.9 Å². The van der Waals surface area contributed by atoms with Crippen LogP contribution in [-0.2, 0) is 6.61 Å². The number of rotatable bonds is 3. The smallest absolute Gasteiger partial charge is 0.265 e. The topological polar surface area (TPSA) is 60.9 Å². The van der Waals surface area contributed by atoms with Gasteiger partial charge in [0.05, 0.1) is 12.3 Å². The standard InChI is InChI=1S/C22H17ClN2O3/c23-18-11-14(6-5-13(18)12-26)25-21(27)16-4-1-3-15-19(24-9-2-10-24)8-7-17(20(15)16)22(25)28/h1,3-8,11,26H,2,9-10,12H2. The zero-order valence-electron chi connectivity index (χ0n) is 15.0. The number of imide groups is 1. The molecule has 3 aromatic rings. The lowest BCUT2D eigenvalue weighted by Gasteiger charge is -2.35. The molecule has 28 heavy (non-hydrogen) atoms. The van der Waals surface area contributed by atoms with Gasteiger partial charge in [-0.25, -0.2) is 4.90 Å². The summed E-state index contributed by atoms with van der Waals surface area (Å²) in [5, 5.41) is 11.3. The van der Waals surface area contributed by atoms with Gasteiger partial charge in [-0.3, -0.25) is 9.59 Å². The van der Waals surface area contributed by atoms with Crippen LogP contribution in [0.1, 0.15) is 32.7 Å². The minimum atomic E-state index is -0.364. The average molecular weight is 393 g/mol. The Morgan fingerprint density at radius 3 is 2.36 bits per heavy atom. The molecule has 140 valence electrons. The highest BCUT2D eigenvalue weighted by Crippen LogP contribution is 2.39. The maximum atomic E-state index is 13.2. The van der Waals surface area contributed by atoms with E-state index in [-0.39, 0.29) is 18.4 Å². The van der Waals surface area contributed by atoms with Crippen LogP contribution in [-0.4, -0.2) is 30.0 Å². The maximum absolute atomic E-state index is 13.2. The van der Waals surface area contributed by atoms with Crippen LogP contribution in [0.4, 0.5) is 11.4 Å². The minimum absolute atomic E-state index is 0.206. The Balaban J connectivity index is 1.68. The molecule has 2 aliphatic heterocycles. The molecule has 0 bridgehead atoms. The van der Waals surface area contributed by atoms with Gasteiger partial charge in [0.25, 0.3) is 11.8 Å². The van der Waals surface area contributed by atoms with Crippen LogP contribution in [0.2, 0.25) is 5.02 Å². The van der Waals surface area contributed by atoms with Gasteiger partial charge >= 0.3 is 0 Å². The third kappa shape index (κ3) is 2.37. The predicted molar refractivity (Wildman–Crippen MR) is 109 cm³/mol. The van der Waals surface area contributed by atoms with Gasteiger partial charge in [0.2, 0.25) is 0 Å². The van der Waals surface area contributed by atoms with Crippen molar-refractivity contribution in [2.45, 2.75) is 13.0 Å². The number of amides is 2. The minimum Gasteiger partial charge on any atom is -0.392 e. The normalized spacial score (nSPS) is 15.9. The molecule has 1 fully saturated rings. The molecular weight excluding hydrogens is 376 g/mol. The first kappa shape index (κ1) is 17.2. The molecule has 2 amide bonds. The molecule has 3 aromatic carbocycles. The number of nitrogens with zero attached hydrogens (tertiary/aromatic N) is 2. The quantitative estimate of drug-likeness (QED) is 0.684. The van der Waals surface area contributed by atoms with E-state index in [4.69, 9.17) is 11.6 Å². The molecule has 0 aromatic heterocycles. The molecule has 0 saturated carbocycles. The van der Waals surface area contributed by atoms with E-state index in [0.29, 0.717) is 27.4 Å². The van der Waals surface area contributed by atoms with E-state index in [9.17, 15) is 14.7 Å². The summed E-state index contributed by atoms with van der Waals surface area (Å²) < 4.78 is 0. The summed E-state index contributed by atoms with van der Waals surface area (Å²) in [4.78, 5) is 29.9. The molecule has 1 N–H and O–H groups in total. The summed E-state index contributed by atoms with van der Waals surface area (Å²) >= 11 is 6.19. The van der Waals surface area contributed by atoms with Crippen molar-refractivity contribution in [3.8, 4) is 0 Å². The molecule has 0 spiro atoms. The molecule has 1 saturated heterocycles. The molecule has 0 radical (unpaired) electrons. The Hall–Kier alpha value is -2.89. The summed E-state index contributed by atoms with van der Waals surface area (Å²) in [6.45, 7) is 1.77. The van der Waals surface area contributed by atoms with Crippen LogP contribution in [0.15, 0.2) is 48.5 Å². The SMILES string of the molecule is O=C1c2cccc3c(N4CCC4)ccc(c23)C(=O)N1c1ccc(CO)c(Cl)c1. The summed E-state index contributed by atoms with van der Waals surface area (Å²) in [6, 6.07) is 14.2. The number of aliphatic hydroxyl groups excluding tert-OH is 1. The van der Waals surface area contributed by atoms with Gasteiger partial charge in [0, 0.05) is 45.7 Å². The summed E-state index contributed by atoms with van der Waals surface area (Å²) in [6.07, 6.45) is 1.15. The number of carbonyl (C=O) groups excluding carboxylic acids is 2. The molecule has 6 heteroatoms. The van der Waals surface area contributed by atoms with Crippen molar-refractivity contribution in [3.05, 3.63) is 70.2 Å². The van der Waals surface area contributed by atoms with Crippen LogP contribution >= 0.6 is 11.6 Å². The first-order valence-electron chi connectivity index (χ1n) is 9.19. The molecule has 5 nitrogen and oxygen atoms in total. The monoisotopic (exact) mass is 392 g/mol. The fourth-order valence-electron chi connectivity index (χ4n) is 3.95. The number of halogens is 1. The highest BCUT2D eigenvalue weighted by Gasteiger charge is 2.35. The van der Waals surface area contributed by atoms with Crippen molar-refractivity contribution in [2.24, 2.45) is 0 Å². The van der Waals surface area contributed by atoms with Crippen LogP contribution in [0, 0.1) is 0 Å². The lowest BCUT2D eigenvalue weighted by molar-refractivity contribution is 0.0893. The number of aliphatic hydroxyl groups is 1. The van der Waals surface area contributed by atoms with Crippen molar-refractivity contribution in [3.63, 3.8) is 0 Å². The second kappa shape index (κ2) is 6.33. The molecule has 2 heterocycles. The van der Waals surface area contributed by atoms with Gasteiger partial charge in [-0.1, -0.05) is 29.8 Å². The number of hydrogen-bond donors (Lipinski definition) is 1. The van der Waals surface area contributed by atoms with Crippen molar-refractivity contribution >= 4 is 45.6 Å². The Kier molecular flexibility index (Phi) is 3.89. The van der Waals surface area contributed by atoms with Gasteiger partial charge in [0.15, 0.2) is 0 Å². The van der Waals surface area contributed by atoms with Crippen molar-refractivity contribution in [1.29, 1.82) is 0 Å². The van der Waals surface area contributed by atoms with Crippen LogP contribution in [0.5, 0.6) is 0 Å². The summed E-state index contributed by atoms with van der Waals surface area (Å²) in [7, 11) is 0. The first-order valence-corrected chi connectivity index (χ1v) is 9.56. The van der Waals surface area contributed by atoms with E-state index in [0.717, 1.165) is 40.9 Å². The van der Waals surface area contributed by atoms with Gasteiger partial charge in [-0.2, -0.15) is 0 Å². The highest BCUT2D eigenvalue weighted by atomic mass is 35.5. The van der Waals surface area contributed by atoms with Crippen molar-refractivity contribution < 1.29 is 14.7 Å². The molecular formula is C22H17ClN2O3. The largest absolute Gasteiger partial charge is 0.392 e. The second-order valence-electron chi connectivity index (χ2n) is 7.08. The number of anilines is 2. The third-order valence-electron chi connectivity index (χ3n) is 5.55. The average Bonchev–Trinajstić information content (AvgIpc) is 2.66. The van der Waals surface area contributed by atoms with E-state index in [1.54, 1.807) is 24.3 Å². The highest BCUT2D eigenvalue weighted by molar-refractivity contribution is 6.37. The molecule has 5 rings (SSSR count). The zero-order valence-corrected chi connectivity index (χ0v) is 15.7.